The molecule has 0 amide bonds. The number of benzene rings is 3. The Morgan fingerprint density at radius 3 is 2.59 bits per heavy atom. The van der Waals surface area contributed by atoms with Gasteiger partial charge in [0.25, 0.3) is 0 Å². The summed E-state index contributed by atoms with van der Waals surface area (Å²) in [7, 11) is 0. The number of anilines is 3. The van der Waals surface area contributed by atoms with E-state index in [1.54, 1.807) is 24.3 Å². The second-order valence-electron chi connectivity index (χ2n) is 8.34. The smallest absolute Gasteiger partial charge is 0.245 e. The van der Waals surface area contributed by atoms with Crippen LogP contribution in [0.2, 0.25) is 0 Å². The van der Waals surface area contributed by atoms with Gasteiger partial charge < -0.3 is 30.3 Å². The first-order valence-electron chi connectivity index (χ1n) is 11.3. The van der Waals surface area contributed by atoms with Crippen molar-refractivity contribution < 1.29 is 14.3 Å². The Labute approximate surface area is 209 Å². The van der Waals surface area contributed by atoms with Gasteiger partial charge in [-0.3, -0.25) is 4.79 Å². The van der Waals surface area contributed by atoms with Crippen LogP contribution < -0.4 is 21.2 Å². The number of aromatic amines is 1. The number of phenolic OH excluding ortho intramolecular Hbond substituents is 1. The number of H-pyrrole nitrogens is 1. The predicted octanol–water partition coefficient (Wildman–Crippen LogP) is 4.74. The maximum absolute atomic E-state index is 13.0. The lowest BCUT2D eigenvalue weighted by Crippen LogP contribution is -2.05. The molecule has 0 radical (unpaired) electrons. The summed E-state index contributed by atoms with van der Waals surface area (Å²) in [5.41, 5.74) is 10.8. The molecule has 37 heavy (non-hydrogen) atoms. The average molecular weight is 492 g/mol. The quantitative estimate of drug-likeness (QED) is 0.258. The van der Waals surface area contributed by atoms with Crippen LogP contribution in [-0.2, 0) is 6.61 Å². The number of hydrogen-bond donors (Lipinski definition) is 4. The fourth-order valence-corrected chi connectivity index (χ4v) is 3.98. The molecule has 3 aromatic heterocycles. The zero-order valence-corrected chi connectivity index (χ0v) is 19.3. The first-order chi connectivity index (χ1) is 18.0. The second kappa shape index (κ2) is 9.00. The number of nitrogens with zero attached hydrogens (tertiary/aromatic N) is 3. The van der Waals surface area contributed by atoms with Crippen molar-refractivity contribution in [2.24, 2.45) is 0 Å². The first kappa shape index (κ1) is 22.1. The van der Waals surface area contributed by atoms with Gasteiger partial charge in [0, 0.05) is 17.4 Å². The predicted molar refractivity (Wildman–Crippen MR) is 140 cm³/mol. The van der Waals surface area contributed by atoms with Gasteiger partial charge in [0.15, 0.2) is 11.1 Å². The van der Waals surface area contributed by atoms with E-state index in [0.717, 1.165) is 16.9 Å². The van der Waals surface area contributed by atoms with Gasteiger partial charge in [-0.2, -0.15) is 9.97 Å². The van der Waals surface area contributed by atoms with E-state index < -0.39 is 0 Å². The molecule has 3 heterocycles. The summed E-state index contributed by atoms with van der Waals surface area (Å²) >= 11 is 0. The highest BCUT2D eigenvalue weighted by Gasteiger charge is 2.11. The van der Waals surface area contributed by atoms with E-state index in [-0.39, 0.29) is 23.7 Å². The van der Waals surface area contributed by atoms with Gasteiger partial charge in [0.1, 0.15) is 29.7 Å². The molecular formula is C27H20N6O4. The molecule has 5 N–H and O–H groups in total. The van der Waals surface area contributed by atoms with Crippen molar-refractivity contribution in [1.29, 1.82) is 0 Å². The minimum atomic E-state index is -0.138. The van der Waals surface area contributed by atoms with E-state index in [1.165, 1.54) is 24.7 Å². The molecular weight excluding hydrogens is 472 g/mol. The molecule has 0 aliphatic rings. The Bertz CT molecular complexity index is 1790. The van der Waals surface area contributed by atoms with E-state index in [1.807, 2.05) is 30.3 Å². The van der Waals surface area contributed by atoms with Crippen LogP contribution in [0.3, 0.4) is 0 Å². The first-order valence-corrected chi connectivity index (χ1v) is 11.3. The molecule has 0 aliphatic heterocycles. The summed E-state index contributed by atoms with van der Waals surface area (Å²) in [5, 5.41) is 13.3. The van der Waals surface area contributed by atoms with Crippen molar-refractivity contribution in [2.75, 3.05) is 11.1 Å². The largest absolute Gasteiger partial charge is 0.508 e. The van der Waals surface area contributed by atoms with Crippen LogP contribution >= 0.6 is 0 Å². The lowest BCUT2D eigenvalue weighted by molar-refractivity contribution is 0.297. The van der Waals surface area contributed by atoms with Crippen LogP contribution in [0.5, 0.6) is 11.6 Å². The van der Waals surface area contributed by atoms with Crippen LogP contribution in [0.1, 0.15) is 5.56 Å². The number of hydrogen-bond acceptors (Lipinski definition) is 9. The summed E-state index contributed by atoms with van der Waals surface area (Å²) in [6.07, 6.45) is 2.95. The Morgan fingerprint density at radius 2 is 1.78 bits per heavy atom. The second-order valence-corrected chi connectivity index (χ2v) is 8.34. The standard InChI is InChI=1S/C27H20N6O4/c28-27-32-25-23(29-14-30-25)26(33-27)37-12-15-1-5-17(6-2-15)31-18-7-10-20-22(11-18)36-13-21(24(20)35)16-3-8-19(34)9-4-16/h1-11,13-14,31,34H,12H2,(H3,28,29,30,32,33). The minimum absolute atomic E-state index is 0.0944. The normalized spacial score (nSPS) is 11.1. The highest BCUT2D eigenvalue weighted by Crippen LogP contribution is 2.26. The van der Waals surface area contributed by atoms with Gasteiger partial charge in [-0.1, -0.05) is 24.3 Å². The lowest BCUT2D eigenvalue weighted by atomic mass is 10.1. The molecule has 0 spiro atoms. The van der Waals surface area contributed by atoms with Gasteiger partial charge in [-0.15, -0.1) is 0 Å². The molecule has 0 bridgehead atoms. The number of ether oxygens (including phenoxy) is 1. The number of aromatic hydroxyl groups is 1. The number of aromatic nitrogens is 4. The molecule has 0 aliphatic carbocycles. The highest BCUT2D eigenvalue weighted by molar-refractivity contribution is 5.85. The summed E-state index contributed by atoms with van der Waals surface area (Å²) in [4.78, 5) is 28.2. The molecule has 10 heteroatoms. The maximum atomic E-state index is 13.0. The minimum Gasteiger partial charge on any atom is -0.508 e. The molecule has 3 aromatic carbocycles. The number of nitrogen functional groups attached to an aromatic ring is 1. The summed E-state index contributed by atoms with van der Waals surface area (Å²) < 4.78 is 11.6. The van der Waals surface area contributed by atoms with Gasteiger partial charge in [0.05, 0.1) is 17.3 Å². The number of nitrogens with one attached hydrogen (secondary N) is 2. The summed E-state index contributed by atoms with van der Waals surface area (Å²) in [5.74, 6) is 0.571. The van der Waals surface area contributed by atoms with E-state index in [2.05, 4.69) is 25.3 Å². The van der Waals surface area contributed by atoms with Gasteiger partial charge in [-0.25, -0.2) is 4.98 Å². The molecule has 6 rings (SSSR count). The fourth-order valence-electron chi connectivity index (χ4n) is 3.98. The van der Waals surface area contributed by atoms with Crippen LogP contribution in [0.25, 0.3) is 33.3 Å². The van der Waals surface area contributed by atoms with E-state index in [4.69, 9.17) is 14.9 Å². The molecule has 10 nitrogen and oxygen atoms in total. The number of fused-ring (bicyclic) bond motifs is 2. The van der Waals surface area contributed by atoms with Crippen LogP contribution in [-0.4, -0.2) is 25.0 Å². The monoisotopic (exact) mass is 492 g/mol. The summed E-state index contributed by atoms with van der Waals surface area (Å²) in [6, 6.07) is 19.5. The van der Waals surface area contributed by atoms with E-state index >= 15 is 0 Å². The van der Waals surface area contributed by atoms with Crippen molar-refractivity contribution in [3.8, 4) is 22.8 Å². The van der Waals surface area contributed by atoms with Crippen LogP contribution in [0.15, 0.2) is 88.5 Å². The number of phenols is 1. The van der Waals surface area contributed by atoms with E-state index in [9.17, 15) is 9.90 Å². The SMILES string of the molecule is Nc1nc(OCc2ccc(Nc3ccc4c(=O)c(-c5ccc(O)cc5)coc4c3)cc2)c2[nH]cnc2n1. The molecule has 0 fully saturated rings. The molecule has 0 atom stereocenters. The molecule has 6 aromatic rings. The highest BCUT2D eigenvalue weighted by atomic mass is 16.5. The Balaban J connectivity index is 1.17. The molecule has 0 saturated heterocycles. The lowest BCUT2D eigenvalue weighted by Gasteiger charge is -2.10. The number of imidazole rings is 1. The zero-order chi connectivity index (χ0) is 25.4. The van der Waals surface area contributed by atoms with Crippen LogP contribution in [0.4, 0.5) is 17.3 Å². The van der Waals surface area contributed by atoms with Crippen molar-refractivity contribution >= 4 is 39.5 Å². The molecule has 0 saturated carbocycles. The van der Waals surface area contributed by atoms with Gasteiger partial charge in [0.2, 0.25) is 11.8 Å². The Kier molecular flexibility index (Phi) is 5.38. The van der Waals surface area contributed by atoms with Crippen molar-refractivity contribution in [3.05, 3.63) is 95.1 Å². The Morgan fingerprint density at radius 1 is 1.00 bits per heavy atom. The van der Waals surface area contributed by atoms with Crippen molar-refractivity contribution in [3.63, 3.8) is 0 Å². The third-order valence-corrected chi connectivity index (χ3v) is 5.84. The van der Waals surface area contributed by atoms with Gasteiger partial charge >= 0.3 is 0 Å². The van der Waals surface area contributed by atoms with Crippen molar-refractivity contribution in [2.45, 2.75) is 6.61 Å². The topological polar surface area (TPSA) is 152 Å². The molecule has 182 valence electrons. The van der Waals surface area contributed by atoms with Crippen LogP contribution in [0, 0.1) is 0 Å². The number of rotatable bonds is 6. The fraction of sp³-hybridized carbons (Fsp3) is 0.0370. The zero-order valence-electron chi connectivity index (χ0n) is 19.3. The summed E-state index contributed by atoms with van der Waals surface area (Å²) in [6.45, 7) is 0.287. The van der Waals surface area contributed by atoms with Gasteiger partial charge in [-0.05, 0) is 47.5 Å². The Hall–Kier alpha value is -5.38. The third kappa shape index (κ3) is 4.39. The number of nitrogens with two attached hydrogens (primary N) is 1. The van der Waals surface area contributed by atoms with E-state index in [0.29, 0.717) is 39.1 Å². The van der Waals surface area contributed by atoms with Crippen molar-refractivity contribution in [1.82, 2.24) is 19.9 Å². The maximum Gasteiger partial charge on any atom is 0.245 e. The molecule has 0 unspecified atom stereocenters. The third-order valence-electron chi connectivity index (χ3n) is 5.84. The average Bonchev–Trinajstić information content (AvgIpc) is 3.38.